The zero-order valence-electron chi connectivity index (χ0n) is 21.1. The van der Waals surface area contributed by atoms with Crippen molar-refractivity contribution in [2.24, 2.45) is 40.4 Å². The van der Waals surface area contributed by atoms with E-state index in [1.165, 1.54) is 6.92 Å². The Kier molecular flexibility index (Phi) is 5.35. The number of esters is 1. The molecule has 1 saturated heterocycles. The van der Waals surface area contributed by atoms with Gasteiger partial charge in [0.2, 0.25) is 5.60 Å². The van der Waals surface area contributed by atoms with Crippen LogP contribution in [-0.2, 0) is 38.1 Å². The lowest BCUT2D eigenvalue weighted by Gasteiger charge is -2.47. The highest BCUT2D eigenvalue weighted by atomic mass is 32.2. The third-order valence-corrected chi connectivity index (χ3v) is 10.6. The van der Waals surface area contributed by atoms with Crippen LogP contribution in [0.25, 0.3) is 0 Å². The number of carbonyl (C=O) groups is 3. The SMILES string of the molecule is CC(=O)OC1C(C)=CC23C(=O)C([C@H](OS(=O)(=O)C(F)(F)F)[C@H](C)C4OC(=O)OC142)[C@H]1[C@@H](C[C@H]3C)C1(C)C. The van der Waals surface area contributed by atoms with Gasteiger partial charge in [0.15, 0.2) is 18.0 Å². The van der Waals surface area contributed by atoms with Crippen LogP contribution in [0.2, 0.25) is 0 Å². The molecular formula is C24H29F3O9S. The maximum atomic E-state index is 14.7. The van der Waals surface area contributed by atoms with Gasteiger partial charge in [0.1, 0.15) is 0 Å². The highest BCUT2D eigenvalue weighted by Gasteiger charge is 2.83. The quantitative estimate of drug-likeness (QED) is 0.225. The molecule has 2 bridgehead atoms. The molecule has 4 aliphatic carbocycles. The van der Waals surface area contributed by atoms with Gasteiger partial charge in [-0.05, 0) is 42.1 Å². The molecule has 0 amide bonds. The maximum Gasteiger partial charge on any atom is 0.523 e. The van der Waals surface area contributed by atoms with Gasteiger partial charge in [0.05, 0.1) is 17.4 Å². The van der Waals surface area contributed by atoms with Crippen LogP contribution in [0.4, 0.5) is 18.0 Å². The van der Waals surface area contributed by atoms with Crippen LogP contribution in [0.1, 0.15) is 48.0 Å². The molecule has 5 unspecified atom stereocenters. The van der Waals surface area contributed by atoms with Gasteiger partial charge in [-0.25, -0.2) is 4.79 Å². The predicted molar refractivity (Wildman–Crippen MR) is 118 cm³/mol. The van der Waals surface area contributed by atoms with Crippen LogP contribution >= 0.6 is 0 Å². The molecule has 37 heavy (non-hydrogen) atoms. The Hall–Kier alpha value is -2.15. The fraction of sp³-hybridized carbons (Fsp3) is 0.792. The summed E-state index contributed by atoms with van der Waals surface area (Å²) >= 11 is 0. The zero-order valence-corrected chi connectivity index (χ0v) is 21.9. The van der Waals surface area contributed by atoms with Gasteiger partial charge < -0.3 is 14.2 Å². The van der Waals surface area contributed by atoms with E-state index in [4.69, 9.17) is 18.4 Å². The second-order valence-electron chi connectivity index (χ2n) is 11.7. The Labute approximate surface area is 212 Å². The molecule has 4 fully saturated rings. The van der Waals surface area contributed by atoms with Crippen LogP contribution in [0.5, 0.6) is 0 Å². The average Bonchev–Trinajstić information content (AvgIpc) is 3.03. The Bertz CT molecular complexity index is 1220. The lowest BCUT2D eigenvalue weighted by atomic mass is 9.59. The number of Topliss-reactive ketones (excluding diaryl/α,β-unsaturated/α-hetero) is 1. The molecule has 5 rings (SSSR count). The van der Waals surface area contributed by atoms with Gasteiger partial charge >= 0.3 is 27.8 Å². The molecule has 1 heterocycles. The minimum Gasteiger partial charge on any atom is -0.454 e. The molecular weight excluding hydrogens is 521 g/mol. The molecule has 0 radical (unpaired) electrons. The van der Waals surface area contributed by atoms with Crippen LogP contribution in [0.15, 0.2) is 11.6 Å². The summed E-state index contributed by atoms with van der Waals surface area (Å²) < 4.78 is 86.7. The van der Waals surface area contributed by atoms with Crippen molar-refractivity contribution in [1.29, 1.82) is 0 Å². The summed E-state index contributed by atoms with van der Waals surface area (Å²) in [5.41, 5.74) is -9.35. The van der Waals surface area contributed by atoms with Gasteiger partial charge in [-0.15, -0.1) is 0 Å². The first-order valence-corrected chi connectivity index (χ1v) is 13.6. The molecule has 0 aromatic carbocycles. The molecule has 5 aliphatic rings. The molecule has 2 spiro atoms. The summed E-state index contributed by atoms with van der Waals surface area (Å²) in [6, 6.07) is 0. The minimum atomic E-state index is -6.12. The monoisotopic (exact) mass is 550 g/mol. The maximum absolute atomic E-state index is 14.7. The number of hydrogen-bond donors (Lipinski definition) is 0. The minimum absolute atomic E-state index is 0.129. The van der Waals surface area contributed by atoms with Gasteiger partial charge in [0, 0.05) is 12.8 Å². The van der Waals surface area contributed by atoms with Crippen molar-refractivity contribution in [3.05, 3.63) is 11.6 Å². The number of halogens is 3. The number of fused-ring (bicyclic) bond motifs is 3. The molecule has 206 valence electrons. The molecule has 9 nitrogen and oxygen atoms in total. The van der Waals surface area contributed by atoms with E-state index in [0.29, 0.717) is 12.0 Å². The standard InChI is InChI=1S/C24H29F3O9S/c1-9-8-22-10(2)7-13-15(21(13,5)6)14(17(22)29)16(36-37(31,32)24(25,26)27)11(3)19-23(22,35-20(30)34-19)18(9)33-12(4)28/h8,10-11,13-16,18-19H,7H2,1-6H3/t10-,11+,13-,14?,15-,16-,18?,19?,22?,23?/m1/s1. The van der Waals surface area contributed by atoms with Crippen molar-refractivity contribution >= 4 is 28.0 Å². The van der Waals surface area contributed by atoms with E-state index in [2.05, 4.69) is 0 Å². The number of alkyl halides is 3. The van der Waals surface area contributed by atoms with Gasteiger partial charge in [-0.2, -0.15) is 21.6 Å². The van der Waals surface area contributed by atoms with E-state index in [0.717, 1.165) is 6.92 Å². The molecule has 0 aromatic heterocycles. The molecule has 13 heteroatoms. The topological polar surface area (TPSA) is 122 Å². The van der Waals surface area contributed by atoms with Gasteiger partial charge in [0.25, 0.3) is 0 Å². The summed E-state index contributed by atoms with van der Waals surface area (Å²) in [7, 11) is -6.12. The van der Waals surface area contributed by atoms with Crippen LogP contribution in [-0.4, -0.2) is 55.7 Å². The number of rotatable bonds is 3. The molecule has 10 atom stereocenters. The summed E-state index contributed by atoms with van der Waals surface area (Å²) in [5.74, 6) is -4.98. The fourth-order valence-corrected chi connectivity index (χ4v) is 8.77. The largest absolute Gasteiger partial charge is 0.523 e. The molecule has 3 saturated carbocycles. The van der Waals surface area contributed by atoms with Crippen molar-refractivity contribution in [1.82, 2.24) is 0 Å². The molecule has 0 aromatic rings. The number of ketones is 1. The molecule has 0 N–H and O–H groups in total. The average molecular weight is 551 g/mol. The smallest absolute Gasteiger partial charge is 0.454 e. The Morgan fingerprint density at radius 3 is 2.38 bits per heavy atom. The number of hydrogen-bond acceptors (Lipinski definition) is 9. The predicted octanol–water partition coefficient (Wildman–Crippen LogP) is 3.52. The summed E-state index contributed by atoms with van der Waals surface area (Å²) in [5, 5.41) is 0. The van der Waals surface area contributed by atoms with E-state index in [-0.39, 0.29) is 5.92 Å². The fourth-order valence-electron chi connectivity index (χ4n) is 8.07. The van der Waals surface area contributed by atoms with E-state index in [1.54, 1.807) is 19.9 Å². The Morgan fingerprint density at radius 1 is 1.19 bits per heavy atom. The van der Waals surface area contributed by atoms with E-state index in [9.17, 15) is 36.0 Å². The summed E-state index contributed by atoms with van der Waals surface area (Å²) in [6.45, 7) is 9.69. The van der Waals surface area contributed by atoms with E-state index >= 15 is 0 Å². The van der Waals surface area contributed by atoms with Crippen LogP contribution < -0.4 is 0 Å². The van der Waals surface area contributed by atoms with Crippen molar-refractivity contribution in [2.45, 2.75) is 77.4 Å². The van der Waals surface area contributed by atoms with Crippen molar-refractivity contribution < 1.29 is 54.4 Å². The lowest BCUT2D eigenvalue weighted by Crippen LogP contribution is -2.65. The Balaban J connectivity index is 1.79. The van der Waals surface area contributed by atoms with Gasteiger partial charge in [-0.3, -0.25) is 13.8 Å². The highest BCUT2D eigenvalue weighted by molar-refractivity contribution is 7.87. The van der Waals surface area contributed by atoms with Crippen molar-refractivity contribution in [3.63, 3.8) is 0 Å². The lowest BCUT2D eigenvalue weighted by molar-refractivity contribution is -0.181. The number of ether oxygens (including phenoxy) is 3. The first-order chi connectivity index (χ1) is 16.8. The van der Waals surface area contributed by atoms with Crippen molar-refractivity contribution in [2.75, 3.05) is 0 Å². The van der Waals surface area contributed by atoms with E-state index in [1.807, 2.05) is 13.8 Å². The summed E-state index contributed by atoms with van der Waals surface area (Å²) in [4.78, 5) is 39.5. The number of carbonyl (C=O) groups excluding carboxylic acids is 3. The third-order valence-electron chi connectivity index (χ3n) is 9.58. The normalized spacial score (nSPS) is 45.8. The third kappa shape index (κ3) is 3.12. The van der Waals surface area contributed by atoms with Gasteiger partial charge in [-0.1, -0.05) is 33.8 Å². The zero-order chi connectivity index (χ0) is 27.7. The second kappa shape index (κ2) is 7.49. The highest BCUT2D eigenvalue weighted by Crippen LogP contribution is 2.74. The Morgan fingerprint density at radius 2 is 1.81 bits per heavy atom. The molecule has 1 aliphatic heterocycles. The first kappa shape index (κ1) is 26.5. The second-order valence-corrected chi connectivity index (χ2v) is 13.3. The van der Waals surface area contributed by atoms with Crippen molar-refractivity contribution in [3.8, 4) is 0 Å². The van der Waals surface area contributed by atoms with Crippen LogP contribution in [0, 0.1) is 40.4 Å². The summed E-state index contributed by atoms with van der Waals surface area (Å²) in [6.07, 6.45) is -3.68. The first-order valence-electron chi connectivity index (χ1n) is 12.1. The van der Waals surface area contributed by atoms with E-state index < -0.39 is 91.9 Å². The van der Waals surface area contributed by atoms with Crippen LogP contribution in [0.3, 0.4) is 0 Å².